The summed E-state index contributed by atoms with van der Waals surface area (Å²) in [7, 11) is 0. The Bertz CT molecular complexity index is 129. The van der Waals surface area contributed by atoms with E-state index in [-0.39, 0.29) is 0 Å². The Morgan fingerprint density at radius 3 is 2.17 bits per heavy atom. The Balaban J connectivity index is 2.69. The summed E-state index contributed by atoms with van der Waals surface area (Å²) < 4.78 is 29.0. The predicted octanol–water partition coefficient (Wildman–Crippen LogP) is 2.12. The molecule has 0 aromatic heterocycles. The van der Waals surface area contributed by atoms with Gasteiger partial charge in [-0.05, 0) is 25.6 Å². The average molecular weight is 86.2 g/mol. The van der Waals surface area contributed by atoms with Crippen molar-refractivity contribution in [2.24, 2.45) is 0 Å². The molecule has 6 heavy (non-hydrogen) atoms. The average Bonchev–Trinajstić information content (AvgIpc) is 1.93. The lowest BCUT2D eigenvalue weighted by Gasteiger charge is -1.97. The van der Waals surface area contributed by atoms with Crippen molar-refractivity contribution in [1.29, 1.82) is 0 Å². The highest BCUT2D eigenvalue weighted by atomic mass is 13.9. The van der Waals surface area contributed by atoms with Gasteiger partial charge in [-0.1, -0.05) is 12.2 Å². The van der Waals surface area contributed by atoms with Crippen LogP contribution in [0.2, 0.25) is 0 Å². The van der Waals surface area contributed by atoms with Gasteiger partial charge in [-0.3, -0.25) is 0 Å². The number of hydrogen-bond acceptors (Lipinski definition) is 0. The van der Waals surface area contributed by atoms with E-state index in [0.29, 0.717) is 0 Å². The van der Waals surface area contributed by atoms with Crippen molar-refractivity contribution in [1.82, 2.24) is 0 Å². The molecule has 1 aliphatic carbocycles. The maximum absolute atomic E-state index is 7.27. The highest BCUT2D eigenvalue weighted by molar-refractivity contribution is 4.85. The maximum atomic E-state index is 7.27. The monoisotopic (exact) mass is 86.1 g/mol. The van der Waals surface area contributed by atoms with E-state index in [4.69, 9.17) is 5.48 Å². The fraction of sp³-hybridized carbons (Fsp3) is 0.667. The van der Waals surface area contributed by atoms with Crippen LogP contribution < -0.4 is 0 Å². The summed E-state index contributed by atoms with van der Waals surface area (Å²) in [5, 5.41) is 0. The van der Waals surface area contributed by atoms with Crippen LogP contribution in [0.5, 0.6) is 0 Å². The van der Waals surface area contributed by atoms with Gasteiger partial charge in [0.25, 0.3) is 0 Å². The molecule has 0 aromatic carbocycles. The minimum atomic E-state index is -0.743. The fourth-order valence-corrected chi connectivity index (χ4v) is 0.385. The molecular weight excluding hydrogens is 72.1 g/mol. The lowest BCUT2D eigenvalue weighted by atomic mass is 10.1. The van der Waals surface area contributed by atoms with E-state index in [1.165, 1.54) is 12.2 Å². The van der Waals surface area contributed by atoms with Crippen LogP contribution in [0.3, 0.4) is 0 Å². The summed E-state index contributed by atoms with van der Waals surface area (Å²) in [5.74, 6) is 0. The lowest BCUT2D eigenvalue weighted by molar-refractivity contribution is 0.730. The van der Waals surface area contributed by atoms with Crippen molar-refractivity contribution in [3.8, 4) is 0 Å². The lowest BCUT2D eigenvalue weighted by Crippen LogP contribution is -1.77. The highest BCUT2D eigenvalue weighted by Gasteiger charge is 1.87. The third kappa shape index (κ3) is 0.852. The molecule has 0 saturated heterocycles. The van der Waals surface area contributed by atoms with Gasteiger partial charge in [-0.25, -0.2) is 0 Å². The molecule has 0 amide bonds. The van der Waals surface area contributed by atoms with Crippen LogP contribution in [0.4, 0.5) is 0 Å². The van der Waals surface area contributed by atoms with Crippen LogP contribution in [0, 0.1) is 0 Å². The normalized spacial score (nSPS) is 80.0. The Morgan fingerprint density at radius 1 is 1.17 bits per heavy atom. The Hall–Kier alpha value is -0.260. The van der Waals surface area contributed by atoms with Gasteiger partial charge in [0.1, 0.15) is 0 Å². The molecule has 0 N–H and O–H groups in total. The van der Waals surface area contributed by atoms with Gasteiger partial charge in [0.05, 0.1) is 0 Å². The minimum absolute atomic E-state index is 0.607. The minimum Gasteiger partial charge on any atom is -0.0885 e. The molecule has 0 nitrogen and oxygen atoms in total. The van der Waals surface area contributed by atoms with Gasteiger partial charge in [-0.2, -0.15) is 0 Å². The summed E-state index contributed by atoms with van der Waals surface area (Å²) in [6.07, 6.45) is 0.356. The second-order valence-corrected chi connectivity index (χ2v) is 1.15. The number of hydrogen-bond donors (Lipinski definition) is 0. The van der Waals surface area contributed by atoms with Crippen LogP contribution >= 0.6 is 0 Å². The highest BCUT2D eigenvalue weighted by Crippen LogP contribution is 2.07. The van der Waals surface area contributed by atoms with Crippen LogP contribution in [-0.2, 0) is 0 Å². The van der Waals surface area contributed by atoms with E-state index in [9.17, 15) is 0 Å². The third-order valence-corrected chi connectivity index (χ3v) is 0.667. The standard InChI is InChI=1S/C6H10/c1-2-4-6-5-3-1/h1-2H,3-6H2/i3D,4D,5D,6D/t3-,4+,5-,6+. The maximum Gasteiger partial charge on any atom is 0.0310 e. The molecule has 0 fully saturated rings. The molecule has 0 heterocycles. The van der Waals surface area contributed by atoms with E-state index >= 15 is 0 Å². The first-order valence-electron chi connectivity index (χ1n) is 4.31. The second-order valence-electron chi connectivity index (χ2n) is 1.15. The van der Waals surface area contributed by atoms with Crippen molar-refractivity contribution in [3.05, 3.63) is 12.2 Å². The quantitative estimate of drug-likeness (QED) is 0.396. The van der Waals surface area contributed by atoms with E-state index < -0.39 is 25.6 Å². The largest absolute Gasteiger partial charge is 0.0885 e. The Kier molecular flexibility index (Phi) is 0.456. The first-order chi connectivity index (χ1) is 4.63. The molecule has 0 radical (unpaired) electrons. The molecule has 0 spiro atoms. The number of allylic oxidation sites excluding steroid dienone is 2. The SMILES string of the molecule is [2H][C@@H]1[C@H]([2H])[C@H]([2H])C=C[C@@H]1[2H]. The van der Waals surface area contributed by atoms with E-state index in [1.54, 1.807) is 0 Å². The summed E-state index contributed by atoms with van der Waals surface area (Å²) in [6.45, 7) is 0. The molecule has 0 bridgehead atoms. The topological polar surface area (TPSA) is 0 Å². The van der Waals surface area contributed by atoms with E-state index in [0.717, 1.165) is 0 Å². The molecule has 0 aromatic rings. The molecule has 4 atom stereocenters. The Labute approximate surface area is 44.5 Å². The first-order valence-corrected chi connectivity index (χ1v) is 2.00. The van der Waals surface area contributed by atoms with Crippen molar-refractivity contribution in [3.63, 3.8) is 0 Å². The van der Waals surface area contributed by atoms with Gasteiger partial charge in [0.2, 0.25) is 0 Å². The van der Waals surface area contributed by atoms with Gasteiger partial charge in [0.15, 0.2) is 0 Å². The van der Waals surface area contributed by atoms with Gasteiger partial charge >= 0.3 is 0 Å². The van der Waals surface area contributed by atoms with Crippen molar-refractivity contribution >= 4 is 0 Å². The van der Waals surface area contributed by atoms with Gasteiger partial charge in [-0.15, -0.1) is 0 Å². The molecule has 0 unspecified atom stereocenters. The van der Waals surface area contributed by atoms with Gasteiger partial charge in [0, 0.05) is 5.48 Å². The van der Waals surface area contributed by atoms with Crippen molar-refractivity contribution in [2.75, 3.05) is 0 Å². The zero-order valence-corrected chi connectivity index (χ0v) is 3.46. The van der Waals surface area contributed by atoms with Crippen LogP contribution in [0.1, 0.15) is 31.1 Å². The molecule has 34 valence electrons. The fourth-order valence-electron chi connectivity index (χ4n) is 0.385. The molecule has 0 heteroatoms. The summed E-state index contributed by atoms with van der Waals surface area (Å²) in [6, 6.07) is 0. The Morgan fingerprint density at radius 2 is 1.67 bits per heavy atom. The van der Waals surface area contributed by atoms with Crippen LogP contribution in [-0.4, -0.2) is 0 Å². The van der Waals surface area contributed by atoms with E-state index in [1.807, 2.05) is 0 Å². The zero-order chi connectivity index (χ0) is 7.72. The van der Waals surface area contributed by atoms with Crippen LogP contribution in [0.15, 0.2) is 12.2 Å². The van der Waals surface area contributed by atoms with E-state index in [2.05, 4.69) is 0 Å². The summed E-state index contributed by atoms with van der Waals surface area (Å²) in [5.41, 5.74) is 0. The van der Waals surface area contributed by atoms with Crippen molar-refractivity contribution < 1.29 is 5.48 Å². The molecule has 1 aliphatic rings. The summed E-state index contributed by atoms with van der Waals surface area (Å²) >= 11 is 0. The van der Waals surface area contributed by atoms with Crippen LogP contribution in [0.25, 0.3) is 0 Å². The third-order valence-electron chi connectivity index (χ3n) is 0.667. The molecule has 0 aliphatic heterocycles. The molecule has 1 rings (SSSR count). The second kappa shape index (κ2) is 2.01. The zero-order valence-electron chi connectivity index (χ0n) is 7.46. The van der Waals surface area contributed by atoms with Gasteiger partial charge < -0.3 is 0 Å². The van der Waals surface area contributed by atoms with Crippen molar-refractivity contribution in [2.45, 2.75) is 25.6 Å². The molecular formula is C6H10. The first kappa shape index (κ1) is 1.36. The summed E-state index contributed by atoms with van der Waals surface area (Å²) in [4.78, 5) is 0. The predicted molar refractivity (Wildman–Crippen MR) is 27.6 cm³/mol. The smallest absolute Gasteiger partial charge is 0.0310 e. The number of rotatable bonds is 0. The molecule has 0 saturated carbocycles.